The second-order valence-electron chi connectivity index (χ2n) is 7.42. The molecule has 1 aliphatic carbocycles. The smallest absolute Gasteiger partial charge is 0.191 e. The van der Waals surface area contributed by atoms with Crippen LogP contribution < -0.4 is 10.6 Å². The number of aryl methyl sites for hydroxylation is 1. The van der Waals surface area contributed by atoms with Crippen molar-refractivity contribution in [1.82, 2.24) is 25.2 Å². The first-order chi connectivity index (χ1) is 13.8. The second-order valence-corrected chi connectivity index (χ2v) is 7.42. The van der Waals surface area contributed by atoms with Crippen LogP contribution in [0.4, 0.5) is 0 Å². The van der Waals surface area contributed by atoms with Crippen LogP contribution in [0, 0.1) is 0 Å². The standard InChI is InChI=1S/C22H28N6.HI/c1-2-23-21(25-17-22(13-14-22)18-9-4-3-5-10-18)24-15-8-12-20-27-26-19-11-6-7-16-28(19)20;/h3-7,9-11,16H,2,8,12-15,17H2,1H3,(H2,23,24,25);1H. The van der Waals surface area contributed by atoms with Crippen molar-refractivity contribution in [3.8, 4) is 0 Å². The van der Waals surface area contributed by atoms with Gasteiger partial charge in [0.25, 0.3) is 0 Å². The number of guanidine groups is 1. The molecule has 0 bridgehead atoms. The average Bonchev–Trinajstić information content (AvgIpc) is 3.43. The molecule has 29 heavy (non-hydrogen) atoms. The SMILES string of the molecule is CCNC(=NCC1(c2ccccc2)CC1)NCCCc1nnc2ccccn12.I. The molecule has 0 spiro atoms. The number of hydrogen-bond acceptors (Lipinski definition) is 3. The molecule has 0 radical (unpaired) electrons. The van der Waals surface area contributed by atoms with Crippen LogP contribution in [0.3, 0.4) is 0 Å². The van der Waals surface area contributed by atoms with Crippen LogP contribution in [0.15, 0.2) is 59.7 Å². The highest BCUT2D eigenvalue weighted by molar-refractivity contribution is 14.0. The maximum absolute atomic E-state index is 4.87. The van der Waals surface area contributed by atoms with Gasteiger partial charge >= 0.3 is 0 Å². The molecule has 1 saturated carbocycles. The van der Waals surface area contributed by atoms with E-state index < -0.39 is 0 Å². The lowest BCUT2D eigenvalue weighted by Gasteiger charge is -2.16. The lowest BCUT2D eigenvalue weighted by Crippen LogP contribution is -2.38. The molecule has 1 aliphatic rings. The molecule has 0 atom stereocenters. The van der Waals surface area contributed by atoms with Gasteiger partial charge in [-0.1, -0.05) is 36.4 Å². The summed E-state index contributed by atoms with van der Waals surface area (Å²) in [5.74, 6) is 1.90. The van der Waals surface area contributed by atoms with Gasteiger partial charge < -0.3 is 10.6 Å². The highest BCUT2D eigenvalue weighted by Crippen LogP contribution is 2.48. The Kier molecular flexibility index (Phi) is 7.46. The van der Waals surface area contributed by atoms with E-state index in [1.54, 1.807) is 0 Å². The molecule has 6 nitrogen and oxygen atoms in total. The lowest BCUT2D eigenvalue weighted by molar-refractivity contribution is 0.682. The van der Waals surface area contributed by atoms with Crippen LogP contribution in [-0.4, -0.2) is 40.2 Å². The summed E-state index contributed by atoms with van der Waals surface area (Å²) in [5.41, 5.74) is 2.55. The summed E-state index contributed by atoms with van der Waals surface area (Å²) in [6.07, 6.45) is 6.32. The number of fused-ring (bicyclic) bond motifs is 1. The van der Waals surface area contributed by atoms with E-state index in [0.29, 0.717) is 0 Å². The van der Waals surface area contributed by atoms with Crippen LogP contribution in [-0.2, 0) is 11.8 Å². The molecule has 1 aromatic carbocycles. The molecule has 7 heteroatoms. The summed E-state index contributed by atoms with van der Waals surface area (Å²) in [4.78, 5) is 4.87. The largest absolute Gasteiger partial charge is 0.357 e. The molecular weight excluding hydrogens is 475 g/mol. The Morgan fingerprint density at radius 3 is 2.62 bits per heavy atom. The van der Waals surface area contributed by atoms with Gasteiger partial charge in [-0.2, -0.15) is 0 Å². The number of hydrogen-bond donors (Lipinski definition) is 2. The Morgan fingerprint density at radius 2 is 1.86 bits per heavy atom. The second kappa shape index (κ2) is 10.0. The average molecular weight is 504 g/mol. The van der Waals surface area contributed by atoms with Crippen molar-refractivity contribution in [3.05, 3.63) is 66.1 Å². The minimum Gasteiger partial charge on any atom is -0.357 e. The summed E-state index contributed by atoms with van der Waals surface area (Å²) < 4.78 is 2.05. The number of aliphatic imine (C=N–C) groups is 1. The van der Waals surface area contributed by atoms with Crippen molar-refractivity contribution >= 4 is 35.6 Å². The van der Waals surface area contributed by atoms with Crippen molar-refractivity contribution in [2.24, 2.45) is 4.99 Å². The van der Waals surface area contributed by atoms with E-state index in [1.165, 1.54) is 18.4 Å². The maximum atomic E-state index is 4.87. The molecule has 4 rings (SSSR count). The van der Waals surface area contributed by atoms with E-state index in [1.807, 2.05) is 24.4 Å². The summed E-state index contributed by atoms with van der Waals surface area (Å²) >= 11 is 0. The minimum atomic E-state index is 0. The van der Waals surface area contributed by atoms with Crippen molar-refractivity contribution in [3.63, 3.8) is 0 Å². The van der Waals surface area contributed by atoms with E-state index >= 15 is 0 Å². The number of nitrogens with zero attached hydrogens (tertiary/aromatic N) is 4. The summed E-state index contributed by atoms with van der Waals surface area (Å²) in [7, 11) is 0. The Hall–Kier alpha value is -2.16. The summed E-state index contributed by atoms with van der Waals surface area (Å²) in [5, 5.41) is 15.3. The maximum Gasteiger partial charge on any atom is 0.191 e. The predicted octanol–water partition coefficient (Wildman–Crippen LogP) is 3.57. The Morgan fingerprint density at radius 1 is 1.07 bits per heavy atom. The Bertz CT molecular complexity index is 933. The topological polar surface area (TPSA) is 66.6 Å². The third-order valence-corrected chi connectivity index (χ3v) is 5.38. The molecule has 0 amide bonds. The zero-order valence-electron chi connectivity index (χ0n) is 16.8. The number of nitrogens with one attached hydrogen (secondary N) is 2. The van der Waals surface area contributed by atoms with Gasteiger partial charge in [-0.3, -0.25) is 9.39 Å². The zero-order chi connectivity index (χ0) is 19.2. The fourth-order valence-corrected chi connectivity index (χ4v) is 3.57. The Balaban J connectivity index is 0.00000240. The van der Waals surface area contributed by atoms with Gasteiger partial charge in [-0.25, -0.2) is 0 Å². The highest BCUT2D eigenvalue weighted by atomic mass is 127. The van der Waals surface area contributed by atoms with Crippen LogP contribution in [0.5, 0.6) is 0 Å². The first-order valence-corrected chi connectivity index (χ1v) is 10.2. The van der Waals surface area contributed by atoms with E-state index in [9.17, 15) is 0 Å². The number of pyridine rings is 1. The number of benzene rings is 1. The van der Waals surface area contributed by atoms with Gasteiger partial charge in [0.2, 0.25) is 0 Å². The van der Waals surface area contributed by atoms with E-state index in [0.717, 1.165) is 49.9 Å². The molecule has 154 valence electrons. The van der Waals surface area contributed by atoms with Crippen molar-refractivity contribution < 1.29 is 0 Å². The molecule has 3 aromatic rings. The van der Waals surface area contributed by atoms with Gasteiger partial charge in [0, 0.05) is 31.1 Å². The van der Waals surface area contributed by atoms with E-state index in [4.69, 9.17) is 4.99 Å². The number of halogens is 1. The molecule has 0 unspecified atom stereocenters. The first kappa shape index (κ1) is 21.5. The predicted molar refractivity (Wildman–Crippen MR) is 128 cm³/mol. The molecule has 1 fully saturated rings. The monoisotopic (exact) mass is 504 g/mol. The van der Waals surface area contributed by atoms with Gasteiger partial charge in [-0.15, -0.1) is 34.2 Å². The van der Waals surface area contributed by atoms with Crippen LogP contribution >= 0.6 is 24.0 Å². The summed E-state index contributed by atoms with van der Waals surface area (Å²) in [6.45, 7) is 4.65. The van der Waals surface area contributed by atoms with Crippen molar-refractivity contribution in [2.75, 3.05) is 19.6 Å². The van der Waals surface area contributed by atoms with Crippen molar-refractivity contribution in [2.45, 2.75) is 38.0 Å². The Labute approximate surface area is 189 Å². The summed E-state index contributed by atoms with van der Waals surface area (Å²) in [6, 6.07) is 16.7. The molecule has 0 aliphatic heterocycles. The third-order valence-electron chi connectivity index (χ3n) is 5.38. The fourth-order valence-electron chi connectivity index (χ4n) is 3.57. The van der Waals surface area contributed by atoms with Crippen molar-refractivity contribution in [1.29, 1.82) is 0 Å². The molecule has 2 aromatic heterocycles. The fraction of sp³-hybridized carbons (Fsp3) is 0.409. The number of rotatable bonds is 8. The zero-order valence-corrected chi connectivity index (χ0v) is 19.2. The lowest BCUT2D eigenvalue weighted by atomic mass is 9.96. The minimum absolute atomic E-state index is 0. The molecule has 0 saturated heterocycles. The first-order valence-electron chi connectivity index (χ1n) is 10.2. The van der Waals surface area contributed by atoms with Crippen LogP contribution in [0.25, 0.3) is 5.65 Å². The van der Waals surface area contributed by atoms with Gasteiger partial charge in [0.1, 0.15) is 5.82 Å². The van der Waals surface area contributed by atoms with Gasteiger partial charge in [-0.05, 0) is 43.9 Å². The highest BCUT2D eigenvalue weighted by Gasteiger charge is 2.43. The normalized spacial score (nSPS) is 15.0. The quantitative estimate of drug-likeness (QED) is 0.213. The van der Waals surface area contributed by atoms with E-state index in [2.05, 4.69) is 62.5 Å². The van der Waals surface area contributed by atoms with Gasteiger partial charge in [0.05, 0.1) is 6.54 Å². The molecule has 2 N–H and O–H groups in total. The van der Waals surface area contributed by atoms with Crippen LogP contribution in [0.1, 0.15) is 37.6 Å². The third kappa shape index (κ3) is 5.26. The van der Waals surface area contributed by atoms with E-state index in [-0.39, 0.29) is 29.4 Å². The molecular formula is C22H29IN6. The van der Waals surface area contributed by atoms with Crippen LogP contribution in [0.2, 0.25) is 0 Å². The number of aromatic nitrogens is 3. The van der Waals surface area contributed by atoms with Gasteiger partial charge in [0.15, 0.2) is 11.6 Å². The molecule has 2 heterocycles.